The fraction of sp³-hybridized carbons (Fsp3) is 0.545. The lowest BCUT2D eigenvalue weighted by atomic mass is 9.82. The van der Waals surface area contributed by atoms with Crippen molar-refractivity contribution in [2.24, 2.45) is 7.05 Å². The predicted molar refractivity (Wildman–Crippen MR) is 115 cm³/mol. The Morgan fingerprint density at radius 2 is 1.91 bits per heavy atom. The molecule has 1 fully saturated rings. The van der Waals surface area contributed by atoms with Gasteiger partial charge in [-0.15, -0.1) is 10.2 Å². The van der Waals surface area contributed by atoms with Crippen LogP contribution in [0.1, 0.15) is 69.6 Å². The summed E-state index contributed by atoms with van der Waals surface area (Å²) in [5.41, 5.74) is 2.29. The van der Waals surface area contributed by atoms with Gasteiger partial charge in [0.15, 0.2) is 5.43 Å². The quantitative estimate of drug-likeness (QED) is 0.658. The number of tetrazole rings is 1. The second-order valence-electron chi connectivity index (χ2n) is 9.52. The number of halogens is 2. The largest absolute Gasteiger partial charge is 0.358 e. The molecule has 1 aliphatic rings. The number of nitrogens with zero attached hydrogens (tertiary/aromatic N) is 6. The predicted octanol–water partition coefficient (Wildman–Crippen LogP) is 3.92. The van der Waals surface area contributed by atoms with E-state index >= 15 is 0 Å². The van der Waals surface area contributed by atoms with Crippen LogP contribution in [0, 0.1) is 6.92 Å². The number of nitrogens with one attached hydrogen (secondary N) is 1. The third-order valence-corrected chi connectivity index (χ3v) is 5.83. The highest BCUT2D eigenvalue weighted by molar-refractivity contribution is 5.66. The molecule has 32 heavy (non-hydrogen) atoms. The molecule has 170 valence electrons. The lowest BCUT2D eigenvalue weighted by Gasteiger charge is -2.30. The van der Waals surface area contributed by atoms with E-state index in [-0.39, 0.29) is 35.4 Å². The molecule has 3 aromatic heterocycles. The summed E-state index contributed by atoms with van der Waals surface area (Å²) >= 11 is 0. The van der Waals surface area contributed by atoms with Crippen LogP contribution in [0.3, 0.4) is 0 Å². The average molecular weight is 444 g/mol. The number of aryl methyl sites for hydroxylation is 2. The van der Waals surface area contributed by atoms with Gasteiger partial charge in [0.25, 0.3) is 0 Å². The van der Waals surface area contributed by atoms with Crippen molar-refractivity contribution >= 4 is 0 Å². The number of hydrogen-bond acceptors (Lipinski definition) is 6. The smallest absolute Gasteiger partial charge is 0.248 e. The van der Waals surface area contributed by atoms with Gasteiger partial charge in [-0.2, -0.15) is 4.80 Å². The minimum Gasteiger partial charge on any atom is -0.358 e. The highest BCUT2D eigenvalue weighted by Gasteiger charge is 2.37. The van der Waals surface area contributed by atoms with Gasteiger partial charge in [-0.25, -0.2) is 18.7 Å². The summed E-state index contributed by atoms with van der Waals surface area (Å²) in [5.74, 6) is -1.87. The van der Waals surface area contributed by atoms with E-state index in [1.165, 1.54) is 10.9 Å². The van der Waals surface area contributed by atoms with E-state index in [0.29, 0.717) is 46.9 Å². The fourth-order valence-corrected chi connectivity index (χ4v) is 4.08. The molecule has 1 saturated carbocycles. The van der Waals surface area contributed by atoms with E-state index in [2.05, 4.69) is 25.4 Å². The van der Waals surface area contributed by atoms with Crippen molar-refractivity contribution in [1.82, 2.24) is 35.2 Å². The van der Waals surface area contributed by atoms with Gasteiger partial charge >= 0.3 is 0 Å². The second kappa shape index (κ2) is 7.83. The van der Waals surface area contributed by atoms with Gasteiger partial charge in [0, 0.05) is 47.7 Å². The van der Waals surface area contributed by atoms with E-state index in [1.807, 2.05) is 20.8 Å². The lowest BCUT2D eigenvalue weighted by molar-refractivity contribution is -0.0384. The second-order valence-corrected chi connectivity index (χ2v) is 9.52. The summed E-state index contributed by atoms with van der Waals surface area (Å²) in [6.45, 7) is 7.79. The minimum absolute atomic E-state index is 0.126. The van der Waals surface area contributed by atoms with Crippen LogP contribution in [0.25, 0.3) is 22.6 Å². The summed E-state index contributed by atoms with van der Waals surface area (Å²) < 4.78 is 27.6. The molecule has 0 atom stereocenters. The van der Waals surface area contributed by atoms with Gasteiger partial charge in [0.2, 0.25) is 11.7 Å². The molecular weight excluding hydrogens is 416 g/mol. The molecule has 0 amide bonds. The summed E-state index contributed by atoms with van der Waals surface area (Å²) in [6.07, 6.45) is 2.04. The van der Waals surface area contributed by atoms with Crippen LogP contribution in [0.4, 0.5) is 8.78 Å². The molecule has 3 heterocycles. The van der Waals surface area contributed by atoms with Crippen LogP contribution in [-0.4, -0.2) is 41.1 Å². The number of hydrogen-bond donors (Lipinski definition) is 1. The molecule has 0 bridgehead atoms. The molecule has 1 N–H and O–H groups in total. The van der Waals surface area contributed by atoms with Gasteiger partial charge in [-0.3, -0.25) is 4.79 Å². The summed E-state index contributed by atoms with van der Waals surface area (Å²) in [7, 11) is 1.63. The van der Waals surface area contributed by atoms with Crippen LogP contribution >= 0.6 is 0 Å². The summed E-state index contributed by atoms with van der Waals surface area (Å²) in [5, 5.41) is 11.9. The van der Waals surface area contributed by atoms with E-state index in [1.54, 1.807) is 20.2 Å². The molecule has 1 aliphatic carbocycles. The molecule has 8 nitrogen and oxygen atoms in total. The SMILES string of the molecule is Cc1[nH]c(-c2cnc(C(C)(C)C)nc2C2CCC(F)(F)CC2)cc(=O)c1-c1nnn(C)n1. The van der Waals surface area contributed by atoms with Crippen LogP contribution in [0.2, 0.25) is 0 Å². The van der Waals surface area contributed by atoms with Crippen LogP contribution in [0.5, 0.6) is 0 Å². The molecule has 0 saturated heterocycles. The van der Waals surface area contributed by atoms with Crippen LogP contribution < -0.4 is 5.43 Å². The Labute approximate surface area is 184 Å². The van der Waals surface area contributed by atoms with Crippen LogP contribution in [-0.2, 0) is 12.5 Å². The Morgan fingerprint density at radius 3 is 2.47 bits per heavy atom. The number of rotatable bonds is 3. The van der Waals surface area contributed by atoms with E-state index < -0.39 is 5.92 Å². The monoisotopic (exact) mass is 443 g/mol. The zero-order valence-electron chi connectivity index (χ0n) is 18.9. The molecule has 0 spiro atoms. The van der Waals surface area contributed by atoms with Crippen LogP contribution in [0.15, 0.2) is 17.1 Å². The van der Waals surface area contributed by atoms with Crippen molar-refractivity contribution in [3.63, 3.8) is 0 Å². The van der Waals surface area contributed by atoms with Gasteiger partial charge in [-0.05, 0) is 25.0 Å². The van der Waals surface area contributed by atoms with Crippen molar-refractivity contribution < 1.29 is 8.78 Å². The first-order valence-corrected chi connectivity index (χ1v) is 10.7. The molecule has 0 radical (unpaired) electrons. The lowest BCUT2D eigenvalue weighted by Crippen LogP contribution is -2.25. The Morgan fingerprint density at radius 1 is 1.22 bits per heavy atom. The van der Waals surface area contributed by atoms with E-state index in [9.17, 15) is 13.6 Å². The Balaban J connectivity index is 1.82. The zero-order chi connectivity index (χ0) is 23.3. The highest BCUT2D eigenvalue weighted by Crippen LogP contribution is 2.43. The van der Waals surface area contributed by atoms with Gasteiger partial charge in [-0.1, -0.05) is 20.8 Å². The molecule has 0 aliphatic heterocycles. The zero-order valence-corrected chi connectivity index (χ0v) is 18.9. The van der Waals surface area contributed by atoms with Crippen molar-refractivity contribution in [1.29, 1.82) is 0 Å². The molecule has 0 aromatic carbocycles. The first-order chi connectivity index (χ1) is 14.9. The molecule has 3 aromatic rings. The van der Waals surface area contributed by atoms with E-state index in [4.69, 9.17) is 4.98 Å². The number of aromatic amines is 1. The standard InChI is InChI=1S/C22H27F2N7O/c1-12-17(19-28-30-31(5)29-19)16(32)10-15(26-12)14-11-25-20(21(2,3)4)27-18(14)13-6-8-22(23,24)9-7-13/h10-11,13H,6-9H2,1-5H3,(H,26,32). The normalized spacial score (nSPS) is 17.0. The Hall–Kier alpha value is -3.04. The van der Waals surface area contributed by atoms with Gasteiger partial charge in [0.1, 0.15) is 5.82 Å². The maximum Gasteiger partial charge on any atom is 0.248 e. The minimum atomic E-state index is -2.63. The fourth-order valence-electron chi connectivity index (χ4n) is 4.08. The molecule has 10 heteroatoms. The third-order valence-electron chi connectivity index (χ3n) is 5.83. The van der Waals surface area contributed by atoms with Gasteiger partial charge < -0.3 is 4.98 Å². The average Bonchev–Trinajstić information content (AvgIpc) is 3.12. The van der Waals surface area contributed by atoms with E-state index in [0.717, 1.165) is 0 Å². The third kappa shape index (κ3) is 4.31. The van der Waals surface area contributed by atoms with Crippen molar-refractivity contribution in [2.75, 3.05) is 0 Å². The molecular formula is C22H27F2N7O. The maximum absolute atomic E-state index is 13.8. The number of aromatic nitrogens is 7. The Kier molecular flexibility index (Phi) is 5.42. The van der Waals surface area contributed by atoms with Gasteiger partial charge in [0.05, 0.1) is 24.0 Å². The topological polar surface area (TPSA) is 102 Å². The maximum atomic E-state index is 13.8. The summed E-state index contributed by atoms with van der Waals surface area (Å²) in [4.78, 5) is 26.9. The Bertz CT molecular complexity index is 1200. The number of alkyl halides is 2. The molecule has 0 unspecified atom stereocenters. The summed E-state index contributed by atoms with van der Waals surface area (Å²) in [6, 6.07) is 1.47. The first kappa shape index (κ1) is 22.2. The number of H-pyrrole nitrogens is 1. The van der Waals surface area contributed by atoms with Crippen molar-refractivity contribution in [2.45, 2.75) is 70.6 Å². The number of pyridine rings is 1. The van der Waals surface area contributed by atoms with Crippen molar-refractivity contribution in [3.05, 3.63) is 39.7 Å². The highest BCUT2D eigenvalue weighted by atomic mass is 19.3. The van der Waals surface area contributed by atoms with Crippen molar-refractivity contribution in [3.8, 4) is 22.6 Å². The molecule has 4 rings (SSSR count). The first-order valence-electron chi connectivity index (χ1n) is 10.7.